The molecule has 2 rings (SSSR count). The van der Waals surface area contributed by atoms with Gasteiger partial charge in [-0.1, -0.05) is 20.8 Å². The van der Waals surface area contributed by atoms with Crippen molar-refractivity contribution < 1.29 is 4.79 Å². The van der Waals surface area contributed by atoms with Gasteiger partial charge in [0.25, 0.3) is 0 Å². The molecule has 3 unspecified atom stereocenters. The molecule has 3 nitrogen and oxygen atoms in total. The average molecular weight is 224 g/mol. The molecule has 2 aliphatic rings. The molecule has 1 N–H and O–H groups in total. The molecule has 2 saturated heterocycles. The molecule has 0 aliphatic carbocycles. The van der Waals surface area contributed by atoms with Crippen LogP contribution >= 0.6 is 0 Å². The molecule has 0 aromatic heterocycles. The summed E-state index contributed by atoms with van der Waals surface area (Å²) in [5.74, 6) is 1.72. The molecular weight excluding hydrogens is 200 g/mol. The Hall–Kier alpha value is -0.570. The van der Waals surface area contributed by atoms with E-state index in [4.69, 9.17) is 0 Å². The van der Waals surface area contributed by atoms with Crippen molar-refractivity contribution in [2.75, 3.05) is 19.6 Å². The third-order valence-corrected chi connectivity index (χ3v) is 3.94. The standard InChI is InChI=1S/C13H24N2O/c1-9-11-7-14-6-10(11)8-15(9)12(16)5-13(2,3)4/h9-11,14H,5-8H2,1-4H3. The number of hydrogen-bond donors (Lipinski definition) is 1. The lowest BCUT2D eigenvalue weighted by Crippen LogP contribution is -2.39. The van der Waals surface area contributed by atoms with Crippen LogP contribution in [0.5, 0.6) is 0 Å². The maximum atomic E-state index is 12.2. The van der Waals surface area contributed by atoms with Crippen molar-refractivity contribution in [1.29, 1.82) is 0 Å². The van der Waals surface area contributed by atoms with E-state index in [0.29, 0.717) is 30.2 Å². The zero-order chi connectivity index (χ0) is 11.9. The van der Waals surface area contributed by atoms with E-state index in [0.717, 1.165) is 19.6 Å². The van der Waals surface area contributed by atoms with Gasteiger partial charge in [-0.15, -0.1) is 0 Å². The molecule has 0 radical (unpaired) electrons. The van der Waals surface area contributed by atoms with Crippen molar-refractivity contribution in [2.45, 2.75) is 40.2 Å². The van der Waals surface area contributed by atoms with Crippen LogP contribution in [-0.4, -0.2) is 36.5 Å². The van der Waals surface area contributed by atoms with Gasteiger partial charge in [-0.2, -0.15) is 0 Å². The molecule has 3 heteroatoms. The van der Waals surface area contributed by atoms with Gasteiger partial charge in [0.05, 0.1) is 0 Å². The van der Waals surface area contributed by atoms with Crippen LogP contribution in [-0.2, 0) is 4.79 Å². The third-order valence-electron chi connectivity index (χ3n) is 3.94. The Morgan fingerprint density at radius 2 is 2.06 bits per heavy atom. The van der Waals surface area contributed by atoms with Gasteiger partial charge >= 0.3 is 0 Å². The average Bonchev–Trinajstić information content (AvgIpc) is 2.66. The molecule has 16 heavy (non-hydrogen) atoms. The fraction of sp³-hybridized carbons (Fsp3) is 0.923. The van der Waals surface area contributed by atoms with Crippen LogP contribution in [0.3, 0.4) is 0 Å². The number of nitrogens with zero attached hydrogens (tertiary/aromatic N) is 1. The van der Waals surface area contributed by atoms with E-state index in [2.05, 4.69) is 37.9 Å². The highest BCUT2D eigenvalue weighted by molar-refractivity contribution is 5.77. The molecular formula is C13H24N2O. The van der Waals surface area contributed by atoms with Crippen LogP contribution in [0.25, 0.3) is 0 Å². The Bertz CT molecular complexity index is 282. The Morgan fingerprint density at radius 1 is 1.38 bits per heavy atom. The van der Waals surface area contributed by atoms with Crippen LogP contribution in [0, 0.1) is 17.3 Å². The van der Waals surface area contributed by atoms with Crippen molar-refractivity contribution >= 4 is 5.91 Å². The number of fused-ring (bicyclic) bond motifs is 1. The minimum Gasteiger partial charge on any atom is -0.339 e. The van der Waals surface area contributed by atoms with E-state index in [1.807, 2.05) is 0 Å². The largest absolute Gasteiger partial charge is 0.339 e. The summed E-state index contributed by atoms with van der Waals surface area (Å²) >= 11 is 0. The smallest absolute Gasteiger partial charge is 0.223 e. The molecule has 2 aliphatic heterocycles. The number of carbonyl (C=O) groups excluding carboxylic acids is 1. The molecule has 0 aromatic rings. The van der Waals surface area contributed by atoms with Gasteiger partial charge in [-0.25, -0.2) is 0 Å². The van der Waals surface area contributed by atoms with E-state index in [1.165, 1.54) is 0 Å². The molecule has 2 heterocycles. The minimum atomic E-state index is 0.104. The quantitative estimate of drug-likeness (QED) is 0.732. The van der Waals surface area contributed by atoms with Gasteiger partial charge in [-0.3, -0.25) is 4.79 Å². The topological polar surface area (TPSA) is 32.3 Å². The fourth-order valence-corrected chi connectivity index (χ4v) is 3.05. The van der Waals surface area contributed by atoms with Gasteiger partial charge in [0.2, 0.25) is 5.91 Å². The third kappa shape index (κ3) is 2.24. The van der Waals surface area contributed by atoms with E-state index < -0.39 is 0 Å². The summed E-state index contributed by atoms with van der Waals surface area (Å²) in [6, 6.07) is 0.426. The Kier molecular flexibility index (Phi) is 2.99. The number of amides is 1. The summed E-state index contributed by atoms with van der Waals surface area (Å²) in [5, 5.41) is 3.42. The summed E-state index contributed by atoms with van der Waals surface area (Å²) in [6.45, 7) is 11.8. The van der Waals surface area contributed by atoms with E-state index in [1.54, 1.807) is 0 Å². The van der Waals surface area contributed by atoms with Crippen molar-refractivity contribution in [3.05, 3.63) is 0 Å². The maximum Gasteiger partial charge on any atom is 0.223 e. The Labute approximate surface area is 98.6 Å². The molecule has 0 aromatic carbocycles. The van der Waals surface area contributed by atoms with Crippen molar-refractivity contribution in [2.24, 2.45) is 17.3 Å². The first-order valence-corrected chi connectivity index (χ1v) is 6.39. The maximum absolute atomic E-state index is 12.2. The number of hydrogen-bond acceptors (Lipinski definition) is 2. The van der Waals surface area contributed by atoms with Gasteiger partial charge < -0.3 is 10.2 Å². The normalized spacial score (nSPS) is 34.2. The summed E-state index contributed by atoms with van der Waals surface area (Å²) in [4.78, 5) is 14.3. The second-order valence-corrected chi connectivity index (χ2v) is 6.61. The van der Waals surface area contributed by atoms with E-state index in [-0.39, 0.29) is 5.41 Å². The zero-order valence-electron chi connectivity index (χ0n) is 10.9. The number of carbonyl (C=O) groups is 1. The lowest BCUT2D eigenvalue weighted by Gasteiger charge is -2.28. The van der Waals surface area contributed by atoms with Gasteiger partial charge in [0, 0.05) is 32.1 Å². The van der Waals surface area contributed by atoms with Crippen molar-refractivity contribution in [3.8, 4) is 0 Å². The van der Waals surface area contributed by atoms with Gasteiger partial charge in [0.1, 0.15) is 0 Å². The first kappa shape index (κ1) is 11.9. The number of likely N-dealkylation sites (tertiary alicyclic amines) is 1. The van der Waals surface area contributed by atoms with Crippen LogP contribution < -0.4 is 5.32 Å². The SMILES string of the molecule is CC1C2CNCC2CN1C(=O)CC(C)(C)C. The van der Waals surface area contributed by atoms with Gasteiger partial charge in [-0.05, 0) is 24.2 Å². The molecule has 0 bridgehead atoms. The monoisotopic (exact) mass is 224 g/mol. The first-order chi connectivity index (χ1) is 7.38. The summed E-state index contributed by atoms with van der Waals surface area (Å²) in [5.41, 5.74) is 0.104. The lowest BCUT2D eigenvalue weighted by molar-refractivity contribution is -0.134. The van der Waals surface area contributed by atoms with E-state index >= 15 is 0 Å². The van der Waals surface area contributed by atoms with Crippen LogP contribution in [0.15, 0.2) is 0 Å². The Balaban J connectivity index is 1.99. The van der Waals surface area contributed by atoms with Gasteiger partial charge in [0.15, 0.2) is 0 Å². The van der Waals surface area contributed by atoms with Crippen LogP contribution in [0.4, 0.5) is 0 Å². The molecule has 2 fully saturated rings. The summed E-state index contributed by atoms with van der Waals surface area (Å²) in [7, 11) is 0. The predicted octanol–water partition coefficient (Wildman–Crippen LogP) is 1.49. The Morgan fingerprint density at radius 3 is 2.62 bits per heavy atom. The molecule has 1 amide bonds. The number of rotatable bonds is 1. The summed E-state index contributed by atoms with van der Waals surface area (Å²) < 4.78 is 0. The fourth-order valence-electron chi connectivity index (χ4n) is 3.05. The van der Waals surface area contributed by atoms with Crippen LogP contribution in [0.2, 0.25) is 0 Å². The first-order valence-electron chi connectivity index (χ1n) is 6.39. The minimum absolute atomic E-state index is 0.104. The predicted molar refractivity (Wildman–Crippen MR) is 65.1 cm³/mol. The van der Waals surface area contributed by atoms with Crippen molar-refractivity contribution in [3.63, 3.8) is 0 Å². The molecule has 0 spiro atoms. The van der Waals surface area contributed by atoms with Crippen molar-refractivity contribution in [1.82, 2.24) is 10.2 Å². The summed E-state index contributed by atoms with van der Waals surface area (Å²) in [6.07, 6.45) is 0.671. The zero-order valence-corrected chi connectivity index (χ0v) is 10.9. The lowest BCUT2D eigenvalue weighted by atomic mass is 9.91. The highest BCUT2D eigenvalue weighted by Crippen LogP contribution is 2.33. The second kappa shape index (κ2) is 4.02. The highest BCUT2D eigenvalue weighted by Gasteiger charge is 2.43. The molecule has 0 saturated carbocycles. The van der Waals surface area contributed by atoms with E-state index in [9.17, 15) is 4.79 Å². The molecule has 92 valence electrons. The highest BCUT2D eigenvalue weighted by atomic mass is 16.2. The second-order valence-electron chi connectivity index (χ2n) is 6.61. The molecule has 3 atom stereocenters. The van der Waals surface area contributed by atoms with Crippen LogP contribution in [0.1, 0.15) is 34.1 Å². The number of nitrogens with one attached hydrogen (secondary N) is 1.